The Hall–Kier alpha value is -3.75. The van der Waals surface area contributed by atoms with Gasteiger partial charge in [0.1, 0.15) is 0 Å². The molecule has 2 aliphatic carbocycles. The number of aliphatic hydroxyl groups excluding tert-OH is 2. The second-order valence-electron chi connectivity index (χ2n) is 10.4. The Labute approximate surface area is 241 Å². The monoisotopic (exact) mass is 570 g/mol. The van der Waals surface area contributed by atoms with Crippen LogP contribution in [0.15, 0.2) is 58.0 Å². The summed E-state index contributed by atoms with van der Waals surface area (Å²) in [5.41, 5.74) is 0.111. The fourth-order valence-corrected chi connectivity index (χ4v) is 4.80. The lowest BCUT2D eigenvalue weighted by Gasteiger charge is -2.18. The van der Waals surface area contributed by atoms with Crippen LogP contribution < -0.4 is 0 Å². The first-order valence-corrected chi connectivity index (χ1v) is 14.4. The molecule has 0 aromatic carbocycles. The van der Waals surface area contributed by atoms with Crippen molar-refractivity contribution in [1.29, 1.82) is 0 Å². The molecule has 0 spiro atoms. The first-order chi connectivity index (χ1) is 19.6. The highest BCUT2D eigenvalue weighted by Gasteiger charge is 2.34. The molecule has 0 saturated heterocycles. The molecule has 0 amide bonds. The third-order valence-corrected chi connectivity index (χ3v) is 7.17. The van der Waals surface area contributed by atoms with E-state index < -0.39 is 40.6 Å². The number of ketones is 4. The summed E-state index contributed by atoms with van der Waals surface area (Å²) in [5.74, 6) is -4.26. The predicted molar refractivity (Wildman–Crippen MR) is 153 cm³/mol. The smallest absolute Gasteiger partial charge is 0.308 e. The van der Waals surface area contributed by atoms with E-state index in [2.05, 4.69) is 12.2 Å². The summed E-state index contributed by atoms with van der Waals surface area (Å²) in [6, 6.07) is 0. The van der Waals surface area contributed by atoms with Gasteiger partial charge in [-0.05, 0) is 58.3 Å². The Bertz CT molecular complexity index is 1180. The molecule has 2 rings (SSSR count). The van der Waals surface area contributed by atoms with Crippen molar-refractivity contribution in [2.45, 2.75) is 104 Å². The summed E-state index contributed by atoms with van der Waals surface area (Å²) in [6.45, 7) is 2.52. The van der Waals surface area contributed by atoms with Crippen LogP contribution in [0.2, 0.25) is 0 Å². The minimum atomic E-state index is -0.684. The summed E-state index contributed by atoms with van der Waals surface area (Å²) in [6.07, 6.45) is 17.5. The van der Waals surface area contributed by atoms with E-state index in [1.165, 1.54) is 14.0 Å². The standard InChI is InChI=1S/C32H42O9/c1-21-27(35)30(38)24(31(39)32(21)41-22(2)33)19-17-15-13-11-9-7-5-4-6-8-10-12-14-16-18-23-28(36)25(34)20-26(40-3)29(23)37/h4-5,20,36,38H,6-19H2,1-3H3. The largest absolute Gasteiger partial charge is 0.504 e. The van der Waals surface area contributed by atoms with E-state index in [0.717, 1.165) is 83.6 Å². The van der Waals surface area contributed by atoms with Gasteiger partial charge in [-0.15, -0.1) is 0 Å². The molecule has 41 heavy (non-hydrogen) atoms. The third-order valence-electron chi connectivity index (χ3n) is 7.17. The summed E-state index contributed by atoms with van der Waals surface area (Å²) < 4.78 is 9.84. The van der Waals surface area contributed by atoms with E-state index in [9.17, 15) is 34.2 Å². The van der Waals surface area contributed by atoms with Crippen LogP contribution in [0.1, 0.15) is 104 Å². The van der Waals surface area contributed by atoms with Crippen molar-refractivity contribution >= 4 is 29.1 Å². The van der Waals surface area contributed by atoms with Crippen molar-refractivity contribution in [2.75, 3.05) is 7.11 Å². The van der Waals surface area contributed by atoms with Crippen LogP contribution in [0, 0.1) is 0 Å². The van der Waals surface area contributed by atoms with Crippen molar-refractivity contribution in [3.63, 3.8) is 0 Å². The number of aliphatic hydroxyl groups is 2. The Morgan fingerprint density at radius 3 is 1.73 bits per heavy atom. The average molecular weight is 571 g/mol. The molecule has 0 atom stereocenters. The van der Waals surface area contributed by atoms with Crippen molar-refractivity contribution in [1.82, 2.24) is 0 Å². The molecule has 0 fully saturated rings. The second kappa shape index (κ2) is 17.1. The number of rotatable bonds is 18. The number of hydrogen-bond acceptors (Lipinski definition) is 9. The fourth-order valence-electron chi connectivity index (χ4n) is 4.80. The molecule has 9 heteroatoms. The van der Waals surface area contributed by atoms with Crippen molar-refractivity contribution in [3.05, 3.63) is 58.0 Å². The quantitative estimate of drug-likeness (QED) is 0.0839. The van der Waals surface area contributed by atoms with E-state index in [4.69, 9.17) is 9.47 Å². The number of carbonyl (C=O) groups excluding carboxylic acids is 5. The molecule has 2 aliphatic rings. The zero-order valence-electron chi connectivity index (χ0n) is 24.4. The molecule has 224 valence electrons. The fraction of sp³-hybridized carbons (Fsp3) is 0.531. The zero-order valence-corrected chi connectivity index (χ0v) is 24.4. The molecular formula is C32H42O9. The van der Waals surface area contributed by atoms with E-state index >= 15 is 0 Å². The van der Waals surface area contributed by atoms with E-state index in [1.807, 2.05) is 0 Å². The maximum Gasteiger partial charge on any atom is 0.308 e. The topological polar surface area (TPSA) is 144 Å². The van der Waals surface area contributed by atoms with Gasteiger partial charge in [0.15, 0.2) is 23.0 Å². The number of esters is 1. The lowest BCUT2D eigenvalue weighted by Crippen LogP contribution is -2.25. The van der Waals surface area contributed by atoms with Gasteiger partial charge in [-0.3, -0.25) is 24.0 Å². The lowest BCUT2D eigenvalue weighted by atomic mass is 9.90. The van der Waals surface area contributed by atoms with Gasteiger partial charge in [0.05, 0.1) is 7.11 Å². The molecule has 0 aliphatic heterocycles. The van der Waals surface area contributed by atoms with Crippen LogP contribution in [-0.2, 0) is 33.4 Å². The molecule has 2 N–H and O–H groups in total. The number of Topliss-reactive ketones (excluding diaryl/α,β-unsaturated/α-hetero) is 3. The molecule has 0 aromatic rings. The highest BCUT2D eigenvalue weighted by Crippen LogP contribution is 2.28. The SMILES string of the molecule is COC1=CC(=O)C(O)=C(CCCCCCCC=CCCCCCCCC2=C(O)C(=O)C(C)=C(OC(C)=O)C2=O)C1=O. The van der Waals surface area contributed by atoms with Crippen molar-refractivity contribution in [2.24, 2.45) is 0 Å². The number of hydrogen-bond donors (Lipinski definition) is 2. The number of methoxy groups -OCH3 is 1. The highest BCUT2D eigenvalue weighted by molar-refractivity contribution is 6.23. The van der Waals surface area contributed by atoms with Crippen LogP contribution in [0.25, 0.3) is 0 Å². The van der Waals surface area contributed by atoms with Gasteiger partial charge in [-0.25, -0.2) is 0 Å². The molecule has 0 aromatic heterocycles. The minimum Gasteiger partial charge on any atom is -0.504 e. The number of unbranched alkanes of at least 4 members (excludes halogenated alkanes) is 10. The Morgan fingerprint density at radius 2 is 1.22 bits per heavy atom. The summed E-state index contributed by atoms with van der Waals surface area (Å²) in [5, 5.41) is 20.0. The summed E-state index contributed by atoms with van der Waals surface area (Å²) in [7, 11) is 1.33. The molecule has 0 bridgehead atoms. The van der Waals surface area contributed by atoms with Gasteiger partial charge in [-0.1, -0.05) is 50.7 Å². The van der Waals surface area contributed by atoms with Gasteiger partial charge in [-0.2, -0.15) is 0 Å². The molecule has 0 saturated carbocycles. The van der Waals surface area contributed by atoms with E-state index in [1.54, 1.807) is 0 Å². The Morgan fingerprint density at radius 1 is 0.732 bits per heavy atom. The summed E-state index contributed by atoms with van der Waals surface area (Å²) in [4.78, 5) is 60.0. The zero-order chi connectivity index (χ0) is 30.4. The van der Waals surface area contributed by atoms with Gasteiger partial charge >= 0.3 is 5.97 Å². The maximum absolute atomic E-state index is 12.6. The van der Waals surface area contributed by atoms with Crippen LogP contribution in [0.5, 0.6) is 0 Å². The van der Waals surface area contributed by atoms with E-state index in [-0.39, 0.29) is 34.7 Å². The van der Waals surface area contributed by atoms with Crippen LogP contribution in [-0.4, -0.2) is 46.4 Å². The van der Waals surface area contributed by atoms with Gasteiger partial charge < -0.3 is 19.7 Å². The van der Waals surface area contributed by atoms with Crippen LogP contribution in [0.3, 0.4) is 0 Å². The third kappa shape index (κ3) is 9.99. The van der Waals surface area contributed by atoms with Gasteiger partial charge in [0.25, 0.3) is 0 Å². The van der Waals surface area contributed by atoms with Gasteiger partial charge in [0, 0.05) is 29.7 Å². The molecule has 9 nitrogen and oxygen atoms in total. The molecule has 0 heterocycles. The molecule has 0 radical (unpaired) electrons. The number of carbonyl (C=O) groups is 5. The lowest BCUT2D eigenvalue weighted by molar-refractivity contribution is -0.140. The molecular weight excluding hydrogens is 528 g/mol. The van der Waals surface area contributed by atoms with Crippen LogP contribution in [0.4, 0.5) is 0 Å². The van der Waals surface area contributed by atoms with Gasteiger partial charge in [0.2, 0.25) is 23.1 Å². The maximum atomic E-state index is 12.6. The predicted octanol–water partition coefficient (Wildman–Crippen LogP) is 6.30. The first-order valence-electron chi connectivity index (χ1n) is 14.4. The second-order valence-corrected chi connectivity index (χ2v) is 10.4. The Kier molecular flexibility index (Phi) is 14.0. The number of ether oxygens (including phenoxy) is 2. The first kappa shape index (κ1) is 33.5. The minimum absolute atomic E-state index is 0.0189. The van der Waals surface area contributed by atoms with Crippen molar-refractivity contribution in [3.8, 4) is 0 Å². The highest BCUT2D eigenvalue weighted by atomic mass is 16.5. The average Bonchev–Trinajstić information content (AvgIpc) is 2.94. The summed E-state index contributed by atoms with van der Waals surface area (Å²) >= 11 is 0. The number of allylic oxidation sites excluding steroid dienone is 6. The van der Waals surface area contributed by atoms with Crippen LogP contribution >= 0.6 is 0 Å². The Balaban J connectivity index is 1.50. The van der Waals surface area contributed by atoms with Crippen molar-refractivity contribution < 1.29 is 43.7 Å². The van der Waals surface area contributed by atoms with E-state index in [0.29, 0.717) is 12.8 Å². The molecule has 0 unspecified atom stereocenters. The normalized spacial score (nSPS) is 16.3.